The van der Waals surface area contributed by atoms with Gasteiger partial charge in [-0.05, 0) is 54.1 Å². The highest BCUT2D eigenvalue weighted by molar-refractivity contribution is 7.08. The lowest BCUT2D eigenvalue weighted by molar-refractivity contribution is 0.527. The van der Waals surface area contributed by atoms with Crippen molar-refractivity contribution >= 4 is 11.3 Å². The predicted octanol–water partition coefficient (Wildman–Crippen LogP) is 3.58. The van der Waals surface area contributed by atoms with Crippen molar-refractivity contribution in [2.24, 2.45) is 5.92 Å². The molecule has 0 saturated carbocycles. The van der Waals surface area contributed by atoms with Crippen LogP contribution >= 0.6 is 11.3 Å². The van der Waals surface area contributed by atoms with E-state index in [1.54, 1.807) is 11.3 Å². The second-order valence-electron chi connectivity index (χ2n) is 4.29. The van der Waals surface area contributed by atoms with Gasteiger partial charge in [0.15, 0.2) is 0 Å². The van der Waals surface area contributed by atoms with Crippen molar-refractivity contribution in [3.05, 3.63) is 21.9 Å². The third-order valence-corrected chi connectivity index (χ3v) is 3.32. The molecule has 0 aliphatic carbocycles. The van der Waals surface area contributed by atoms with Crippen molar-refractivity contribution in [1.29, 1.82) is 0 Å². The Labute approximate surface area is 91.5 Å². The lowest BCUT2D eigenvalue weighted by Gasteiger charge is -2.06. The number of aryl methyl sites for hydroxylation is 1. The second-order valence-corrected chi connectivity index (χ2v) is 5.04. The first-order valence-corrected chi connectivity index (χ1v) is 6.37. The van der Waals surface area contributed by atoms with Crippen LogP contribution in [0.25, 0.3) is 0 Å². The Morgan fingerprint density at radius 3 is 2.71 bits per heavy atom. The summed E-state index contributed by atoms with van der Waals surface area (Å²) in [5.74, 6) is 0.833. The van der Waals surface area contributed by atoms with Crippen LogP contribution in [0.4, 0.5) is 0 Å². The molecule has 1 aromatic rings. The minimum atomic E-state index is 0.833. The summed E-state index contributed by atoms with van der Waals surface area (Å²) in [6.45, 7) is 8.93. The molecule has 1 nitrogen and oxygen atoms in total. The van der Waals surface area contributed by atoms with Gasteiger partial charge in [-0.15, -0.1) is 0 Å². The van der Waals surface area contributed by atoms with Crippen LogP contribution in [0.5, 0.6) is 0 Å². The van der Waals surface area contributed by atoms with Gasteiger partial charge >= 0.3 is 0 Å². The van der Waals surface area contributed by atoms with Crippen LogP contribution in [-0.2, 0) is 6.54 Å². The van der Waals surface area contributed by atoms with E-state index in [0.29, 0.717) is 0 Å². The number of hydrogen-bond donors (Lipinski definition) is 1. The highest BCUT2D eigenvalue weighted by Crippen LogP contribution is 2.13. The summed E-state index contributed by atoms with van der Waals surface area (Å²) in [6.07, 6.45) is 2.62. The second kappa shape index (κ2) is 6.20. The van der Waals surface area contributed by atoms with Crippen LogP contribution in [0, 0.1) is 12.8 Å². The van der Waals surface area contributed by atoms with Crippen molar-refractivity contribution in [2.45, 2.75) is 40.2 Å². The monoisotopic (exact) mass is 211 g/mol. The Hall–Kier alpha value is -0.340. The molecule has 1 N–H and O–H groups in total. The molecule has 1 heterocycles. The lowest BCUT2D eigenvalue weighted by Crippen LogP contribution is -2.15. The molecule has 80 valence electrons. The highest BCUT2D eigenvalue weighted by atomic mass is 32.1. The minimum Gasteiger partial charge on any atom is -0.313 e. The molecular weight excluding hydrogens is 190 g/mol. The van der Waals surface area contributed by atoms with Gasteiger partial charge in [-0.1, -0.05) is 13.8 Å². The molecule has 0 fully saturated rings. The van der Waals surface area contributed by atoms with Gasteiger partial charge in [0, 0.05) is 6.54 Å². The average Bonchev–Trinajstić information content (AvgIpc) is 2.51. The molecule has 0 atom stereocenters. The summed E-state index contributed by atoms with van der Waals surface area (Å²) in [6, 6.07) is 0. The Kier molecular flexibility index (Phi) is 5.20. The van der Waals surface area contributed by atoms with E-state index in [2.05, 4.69) is 36.8 Å². The molecule has 0 aromatic carbocycles. The van der Waals surface area contributed by atoms with Crippen LogP contribution in [0.1, 0.15) is 37.8 Å². The predicted molar refractivity (Wildman–Crippen MR) is 64.8 cm³/mol. The van der Waals surface area contributed by atoms with Crippen LogP contribution in [0.15, 0.2) is 10.8 Å². The van der Waals surface area contributed by atoms with E-state index >= 15 is 0 Å². The van der Waals surface area contributed by atoms with Crippen molar-refractivity contribution in [3.63, 3.8) is 0 Å². The van der Waals surface area contributed by atoms with Crippen LogP contribution in [0.3, 0.4) is 0 Å². The van der Waals surface area contributed by atoms with Gasteiger partial charge in [0.05, 0.1) is 0 Å². The summed E-state index contributed by atoms with van der Waals surface area (Å²) in [5, 5.41) is 7.94. The number of nitrogens with one attached hydrogen (secondary N) is 1. The Bertz CT molecular complexity index is 253. The average molecular weight is 211 g/mol. The Morgan fingerprint density at radius 2 is 2.14 bits per heavy atom. The van der Waals surface area contributed by atoms with Crippen LogP contribution in [0.2, 0.25) is 0 Å². The fourth-order valence-corrected chi connectivity index (χ4v) is 2.28. The van der Waals surface area contributed by atoms with Crippen molar-refractivity contribution in [1.82, 2.24) is 5.32 Å². The van der Waals surface area contributed by atoms with Crippen molar-refractivity contribution in [3.8, 4) is 0 Å². The maximum atomic E-state index is 3.49. The number of rotatable bonds is 6. The zero-order valence-corrected chi connectivity index (χ0v) is 10.3. The largest absolute Gasteiger partial charge is 0.313 e. The fourth-order valence-electron chi connectivity index (χ4n) is 1.43. The SMILES string of the molecule is Cc1cscc1CNCCCC(C)C. The molecule has 1 rings (SSSR count). The van der Waals surface area contributed by atoms with E-state index in [1.807, 2.05) is 0 Å². The quantitative estimate of drug-likeness (QED) is 0.709. The Balaban J connectivity index is 2.08. The van der Waals surface area contributed by atoms with E-state index in [0.717, 1.165) is 19.0 Å². The molecule has 0 radical (unpaired) electrons. The first kappa shape index (κ1) is 11.7. The highest BCUT2D eigenvalue weighted by Gasteiger charge is 1.98. The van der Waals surface area contributed by atoms with Gasteiger partial charge in [0.2, 0.25) is 0 Å². The van der Waals surface area contributed by atoms with E-state index in [-0.39, 0.29) is 0 Å². The summed E-state index contributed by atoms with van der Waals surface area (Å²) in [5.41, 5.74) is 2.88. The van der Waals surface area contributed by atoms with Crippen LogP contribution in [-0.4, -0.2) is 6.54 Å². The normalized spacial score (nSPS) is 11.1. The fraction of sp³-hybridized carbons (Fsp3) is 0.667. The Morgan fingerprint density at radius 1 is 1.36 bits per heavy atom. The molecule has 14 heavy (non-hydrogen) atoms. The molecule has 0 amide bonds. The van der Waals surface area contributed by atoms with E-state index in [9.17, 15) is 0 Å². The number of hydrogen-bond acceptors (Lipinski definition) is 2. The zero-order valence-electron chi connectivity index (χ0n) is 9.47. The first-order chi connectivity index (χ1) is 6.70. The van der Waals surface area contributed by atoms with Crippen molar-refractivity contribution in [2.75, 3.05) is 6.54 Å². The number of thiophene rings is 1. The van der Waals surface area contributed by atoms with Crippen LogP contribution < -0.4 is 5.32 Å². The van der Waals surface area contributed by atoms with E-state index < -0.39 is 0 Å². The van der Waals surface area contributed by atoms with Crippen molar-refractivity contribution < 1.29 is 0 Å². The smallest absolute Gasteiger partial charge is 0.0216 e. The molecule has 0 spiro atoms. The molecule has 0 unspecified atom stereocenters. The summed E-state index contributed by atoms with van der Waals surface area (Å²) in [7, 11) is 0. The maximum absolute atomic E-state index is 3.49. The molecule has 2 heteroatoms. The molecule has 0 saturated heterocycles. The molecule has 1 aromatic heterocycles. The van der Waals surface area contributed by atoms with Gasteiger partial charge in [0.1, 0.15) is 0 Å². The molecular formula is C12H21NS. The van der Waals surface area contributed by atoms with Gasteiger partial charge in [0.25, 0.3) is 0 Å². The lowest BCUT2D eigenvalue weighted by atomic mass is 10.1. The zero-order chi connectivity index (χ0) is 10.4. The summed E-state index contributed by atoms with van der Waals surface area (Å²) >= 11 is 1.79. The summed E-state index contributed by atoms with van der Waals surface area (Å²) in [4.78, 5) is 0. The van der Waals surface area contributed by atoms with Gasteiger partial charge in [-0.3, -0.25) is 0 Å². The molecule has 0 aliphatic heterocycles. The molecule has 0 bridgehead atoms. The van der Waals surface area contributed by atoms with Gasteiger partial charge in [-0.25, -0.2) is 0 Å². The van der Waals surface area contributed by atoms with E-state index in [4.69, 9.17) is 0 Å². The standard InChI is InChI=1S/C12H21NS/c1-10(2)5-4-6-13-7-12-9-14-8-11(12)3/h8-10,13H,4-7H2,1-3H3. The molecule has 0 aliphatic rings. The van der Waals surface area contributed by atoms with Gasteiger partial charge < -0.3 is 5.32 Å². The first-order valence-electron chi connectivity index (χ1n) is 5.42. The van der Waals surface area contributed by atoms with E-state index in [1.165, 1.54) is 24.0 Å². The minimum absolute atomic E-state index is 0.833. The third-order valence-electron chi connectivity index (χ3n) is 2.41. The van der Waals surface area contributed by atoms with Gasteiger partial charge in [-0.2, -0.15) is 11.3 Å². The summed E-state index contributed by atoms with van der Waals surface area (Å²) < 4.78 is 0. The maximum Gasteiger partial charge on any atom is 0.0216 e. The third kappa shape index (κ3) is 4.25. The topological polar surface area (TPSA) is 12.0 Å².